The number of amides is 11. The largest absolute Gasteiger partial charge is 0.481 e. The first kappa shape index (κ1) is 84.4. The molecule has 10 atom stereocenters. The number of hydrogen-bond acceptors (Lipinski definition) is 17. The third kappa shape index (κ3) is 37.5. The molecule has 0 aliphatic rings. The zero-order chi connectivity index (χ0) is 69.2. The van der Waals surface area contributed by atoms with E-state index in [1.54, 1.807) is 27.7 Å². The van der Waals surface area contributed by atoms with E-state index in [4.69, 9.17) is 34.4 Å². The summed E-state index contributed by atoms with van der Waals surface area (Å²) in [6.07, 6.45) is 5.86. The minimum Gasteiger partial charge on any atom is -0.481 e. The van der Waals surface area contributed by atoms with Crippen LogP contribution in [0.15, 0.2) is 0 Å². The first-order chi connectivity index (χ1) is 43.0. The Balaban J connectivity index is 6.89. The van der Waals surface area contributed by atoms with Crippen LogP contribution >= 0.6 is 0 Å². The van der Waals surface area contributed by atoms with Crippen LogP contribution < -0.4 is 87.6 Å². The molecule has 0 fully saturated rings. The summed E-state index contributed by atoms with van der Waals surface area (Å²) in [5.41, 5.74) is 34.6. The number of carboxylic acids is 1. The smallest absolute Gasteiger partial charge is 0.303 e. The predicted molar refractivity (Wildman–Crippen MR) is 348 cm³/mol. The molecule has 29 nitrogen and oxygen atoms in total. The average Bonchev–Trinajstić information content (AvgIpc) is 1.33. The highest BCUT2D eigenvalue weighted by molar-refractivity contribution is 5.99. The second-order valence-corrected chi connectivity index (χ2v) is 25.3. The SMILES string of the molecule is CCCCCCCC(=O)N[C@@H](CCCN)C(=O)N[C@@H](CCCN)C(=O)N[C@@H](CC(C)C)C(=O)N[C@@H](CC(C)C)C(=O)N[C@@H](CCCN)C(=O)N[C@@H](CCC(=O)O)C(=O)N[C@@H](CC(C)C)C(=O)N[C@@H](CCCN)C(=O)N[C@@H](CCCN)C(=O)N[C@@H](CC(C)C)C(N)=O. The average molecular weight is 1300 g/mol. The van der Waals surface area contributed by atoms with Gasteiger partial charge >= 0.3 is 5.97 Å². The molecule has 0 unspecified atom stereocenters. The molecule has 0 aromatic carbocycles. The maximum absolute atomic E-state index is 14.4. The molecule has 0 saturated heterocycles. The summed E-state index contributed by atoms with van der Waals surface area (Å²) in [5, 5.41) is 36.6. The van der Waals surface area contributed by atoms with Gasteiger partial charge in [0.05, 0.1) is 0 Å². The van der Waals surface area contributed by atoms with Crippen molar-refractivity contribution >= 4 is 70.9 Å². The van der Waals surface area contributed by atoms with Crippen molar-refractivity contribution in [3.63, 3.8) is 0 Å². The third-order valence-electron chi connectivity index (χ3n) is 14.8. The Labute approximate surface area is 539 Å². The molecule has 0 heterocycles. The minimum absolute atomic E-state index is 0.0000140. The number of carbonyl (C=O) groups excluding carboxylic acids is 11. The second-order valence-electron chi connectivity index (χ2n) is 25.3. The summed E-state index contributed by atoms with van der Waals surface area (Å²) in [6, 6.07) is -12.6. The Morgan fingerprint density at radius 2 is 0.527 bits per heavy atom. The quantitative estimate of drug-likeness (QED) is 0.0339. The number of carboxylic acid groups (broad SMARTS) is 1. The summed E-state index contributed by atoms with van der Waals surface area (Å²) < 4.78 is 0. The van der Waals surface area contributed by atoms with E-state index >= 15 is 0 Å². The van der Waals surface area contributed by atoms with Gasteiger partial charge in [0, 0.05) is 12.8 Å². The van der Waals surface area contributed by atoms with Gasteiger partial charge in [0.25, 0.3) is 0 Å². The van der Waals surface area contributed by atoms with E-state index in [-0.39, 0.29) is 139 Å². The molecule has 524 valence electrons. The highest BCUT2D eigenvalue weighted by atomic mass is 16.4. The summed E-state index contributed by atoms with van der Waals surface area (Å²) >= 11 is 0. The molecule has 0 radical (unpaired) electrons. The monoisotopic (exact) mass is 1290 g/mol. The maximum atomic E-state index is 14.4. The number of rotatable bonds is 52. The zero-order valence-corrected chi connectivity index (χ0v) is 56.0. The predicted octanol–water partition coefficient (Wildman–Crippen LogP) is -0.576. The molecule has 11 amide bonds. The fourth-order valence-corrected chi connectivity index (χ4v) is 9.92. The van der Waals surface area contributed by atoms with E-state index in [0.717, 1.165) is 25.7 Å². The first-order valence-corrected chi connectivity index (χ1v) is 33.0. The Morgan fingerprint density at radius 3 is 0.780 bits per heavy atom. The molecule has 0 aliphatic heterocycles. The van der Waals surface area contributed by atoms with Gasteiger partial charge in [0.15, 0.2) is 0 Å². The van der Waals surface area contributed by atoms with Crippen LogP contribution in [0.25, 0.3) is 0 Å². The topological polar surface area (TPSA) is 501 Å². The fraction of sp³-hybridized carbons (Fsp3) is 0.806. The van der Waals surface area contributed by atoms with E-state index in [9.17, 15) is 62.6 Å². The molecule has 0 rings (SSSR count). The lowest BCUT2D eigenvalue weighted by atomic mass is 9.99. The van der Waals surface area contributed by atoms with Crippen LogP contribution in [-0.4, -0.2) is 169 Å². The van der Waals surface area contributed by atoms with Gasteiger partial charge < -0.3 is 92.7 Å². The molecule has 0 bridgehead atoms. The molecular weight excluding hydrogens is 1180 g/mol. The van der Waals surface area contributed by atoms with Crippen molar-refractivity contribution in [2.24, 2.45) is 58.1 Å². The van der Waals surface area contributed by atoms with Crippen LogP contribution in [0.1, 0.15) is 204 Å². The van der Waals surface area contributed by atoms with Gasteiger partial charge in [0.1, 0.15) is 60.4 Å². The number of hydrogen-bond donors (Lipinski definition) is 17. The second kappa shape index (κ2) is 48.2. The number of nitrogens with one attached hydrogen (secondary N) is 10. The van der Waals surface area contributed by atoms with E-state index in [0.29, 0.717) is 25.7 Å². The van der Waals surface area contributed by atoms with Crippen molar-refractivity contribution < 1.29 is 62.6 Å². The van der Waals surface area contributed by atoms with Crippen LogP contribution in [0, 0.1) is 23.7 Å². The Bertz CT molecular complexity index is 2240. The van der Waals surface area contributed by atoms with Crippen molar-refractivity contribution in [3.8, 4) is 0 Å². The normalized spacial score (nSPS) is 14.7. The van der Waals surface area contributed by atoms with Gasteiger partial charge in [-0.2, -0.15) is 0 Å². The summed E-state index contributed by atoms with van der Waals surface area (Å²) in [5.74, 6) is -10.1. The molecule has 29 heteroatoms. The van der Waals surface area contributed by atoms with E-state index in [1.165, 1.54) is 0 Å². The van der Waals surface area contributed by atoms with Crippen molar-refractivity contribution in [1.82, 2.24) is 53.2 Å². The number of carbonyl (C=O) groups is 12. The molecule has 0 saturated carbocycles. The minimum atomic E-state index is -1.60. The van der Waals surface area contributed by atoms with Crippen LogP contribution in [0.4, 0.5) is 0 Å². The lowest BCUT2D eigenvalue weighted by Gasteiger charge is -2.29. The number of primary amides is 1. The van der Waals surface area contributed by atoms with Crippen molar-refractivity contribution in [3.05, 3.63) is 0 Å². The zero-order valence-electron chi connectivity index (χ0n) is 56.0. The lowest BCUT2D eigenvalue weighted by molar-refractivity contribution is -0.139. The van der Waals surface area contributed by atoms with Gasteiger partial charge in [-0.15, -0.1) is 0 Å². The number of nitrogens with two attached hydrogens (primary N) is 6. The molecule has 0 spiro atoms. The standard InChI is InChI=1S/C62H118N16O13/c1-10-11-12-13-14-25-51(79)69-41(20-15-28-63)54(83)70-45(24-19-32-67)58(87)76-50(36-40(8)9)62(91)78-49(35-39(6)7)61(90)73-43(22-17-30-65)56(85)74-46(26-27-52(80)81)59(88)77-48(34-38(4)5)60(89)72-42(21-16-29-64)55(84)71-44(23-18-31-66)57(86)75-47(53(68)82)33-37(2)3/h37-50H,10-36,63-67H2,1-9H3,(H2,68,82)(H,69,79)(H,70,83)(H,71,84)(H,72,89)(H,73,90)(H,74,85)(H,75,86)(H,76,87)(H,77,88)(H,78,91)(H,80,81)/t41-,42-,43-,44-,45-,46-,47-,48-,49-,50-/m0/s1. The van der Waals surface area contributed by atoms with Crippen LogP contribution in [0.2, 0.25) is 0 Å². The molecule has 91 heavy (non-hydrogen) atoms. The summed E-state index contributed by atoms with van der Waals surface area (Å²) in [6.45, 7) is 17.3. The van der Waals surface area contributed by atoms with Gasteiger partial charge in [-0.3, -0.25) is 57.5 Å². The van der Waals surface area contributed by atoms with Gasteiger partial charge in [-0.05, 0) is 159 Å². The maximum Gasteiger partial charge on any atom is 0.303 e. The highest BCUT2D eigenvalue weighted by Gasteiger charge is 2.37. The summed E-state index contributed by atoms with van der Waals surface area (Å²) in [4.78, 5) is 164. The van der Waals surface area contributed by atoms with E-state index in [2.05, 4.69) is 60.1 Å². The number of unbranched alkanes of at least 4 members (excludes halogenated alkanes) is 4. The lowest BCUT2D eigenvalue weighted by Crippen LogP contribution is -2.61. The van der Waals surface area contributed by atoms with Gasteiger partial charge in [-0.1, -0.05) is 88.0 Å². The first-order valence-electron chi connectivity index (χ1n) is 33.0. The Morgan fingerprint density at radius 1 is 0.297 bits per heavy atom. The van der Waals surface area contributed by atoms with Gasteiger partial charge in [-0.25, -0.2) is 0 Å². The molecule has 0 aromatic heterocycles. The van der Waals surface area contributed by atoms with Crippen molar-refractivity contribution in [2.45, 2.75) is 264 Å². The molecule has 0 aromatic rings. The van der Waals surface area contributed by atoms with Crippen LogP contribution in [0.5, 0.6) is 0 Å². The van der Waals surface area contributed by atoms with E-state index < -0.39 is 138 Å². The third-order valence-corrected chi connectivity index (χ3v) is 14.8. The highest BCUT2D eigenvalue weighted by Crippen LogP contribution is 2.15. The van der Waals surface area contributed by atoms with Crippen LogP contribution in [-0.2, 0) is 57.5 Å². The van der Waals surface area contributed by atoms with Gasteiger partial charge in [0.2, 0.25) is 65.0 Å². The Kier molecular flexibility index (Phi) is 44.7. The van der Waals surface area contributed by atoms with Crippen molar-refractivity contribution in [2.75, 3.05) is 32.7 Å². The summed E-state index contributed by atoms with van der Waals surface area (Å²) in [7, 11) is 0. The van der Waals surface area contributed by atoms with Crippen LogP contribution in [0.3, 0.4) is 0 Å². The number of aliphatic carboxylic acids is 1. The molecule has 23 N–H and O–H groups in total. The molecular formula is C62H118N16O13. The van der Waals surface area contributed by atoms with Crippen molar-refractivity contribution in [1.29, 1.82) is 0 Å². The molecule has 0 aliphatic carbocycles. The van der Waals surface area contributed by atoms with E-state index in [1.807, 2.05) is 27.7 Å². The Hall–Kier alpha value is -6.56. The fourth-order valence-electron chi connectivity index (χ4n) is 9.92.